The molecule has 1 aromatic carbocycles. The quantitative estimate of drug-likeness (QED) is 0.875. The van der Waals surface area contributed by atoms with E-state index in [2.05, 4.69) is 25.6 Å². The van der Waals surface area contributed by atoms with Crippen LogP contribution in [-0.4, -0.2) is 13.4 Å². The van der Waals surface area contributed by atoms with Crippen LogP contribution in [0, 0.1) is 0 Å². The normalized spacial score (nSPS) is 11.3. The van der Waals surface area contributed by atoms with Gasteiger partial charge in [0.1, 0.15) is 10.7 Å². The number of nitrogens with zero attached hydrogens (tertiary/aromatic N) is 1. The Morgan fingerprint density at radius 2 is 1.89 bits per heavy atom. The molecule has 2 rings (SSSR count). The fourth-order valence-electron chi connectivity index (χ4n) is 1.34. The Kier molecular flexibility index (Phi) is 4.35. The van der Waals surface area contributed by atoms with Crippen LogP contribution in [0.25, 0.3) is 0 Å². The van der Waals surface area contributed by atoms with Gasteiger partial charge < -0.3 is 0 Å². The van der Waals surface area contributed by atoms with Crippen molar-refractivity contribution < 1.29 is 8.42 Å². The van der Waals surface area contributed by atoms with Gasteiger partial charge in [0.2, 0.25) is 0 Å². The lowest BCUT2D eigenvalue weighted by Gasteiger charge is -2.09. The van der Waals surface area contributed by atoms with Crippen molar-refractivity contribution in [3.63, 3.8) is 0 Å². The number of benzene rings is 1. The Morgan fingerprint density at radius 1 is 1.16 bits per heavy atom. The summed E-state index contributed by atoms with van der Waals surface area (Å²) >= 11 is 14.9. The third kappa shape index (κ3) is 3.60. The molecule has 4 nitrogen and oxygen atoms in total. The summed E-state index contributed by atoms with van der Waals surface area (Å²) in [5.74, 6) is 0.186. The molecule has 0 aliphatic heterocycles. The summed E-state index contributed by atoms with van der Waals surface area (Å²) in [6, 6.07) is 7.44. The Balaban J connectivity index is 2.40. The van der Waals surface area contributed by atoms with E-state index < -0.39 is 10.0 Å². The van der Waals surface area contributed by atoms with Crippen LogP contribution in [0.4, 0.5) is 5.82 Å². The summed E-state index contributed by atoms with van der Waals surface area (Å²) < 4.78 is 27.4. The van der Waals surface area contributed by atoms with E-state index >= 15 is 0 Å². The van der Waals surface area contributed by atoms with Crippen molar-refractivity contribution in [1.29, 1.82) is 0 Å². The zero-order valence-electron chi connectivity index (χ0n) is 9.27. The third-order valence-electron chi connectivity index (χ3n) is 2.14. The SMILES string of the molecule is O=S(=O)(Nc1cc(Br)ccn1)c1cc(Cl)ccc1Cl. The largest absolute Gasteiger partial charge is 0.264 e. The van der Waals surface area contributed by atoms with E-state index in [0.29, 0.717) is 4.47 Å². The van der Waals surface area contributed by atoms with Crippen molar-refractivity contribution in [2.45, 2.75) is 4.90 Å². The van der Waals surface area contributed by atoms with Crippen molar-refractivity contribution in [3.8, 4) is 0 Å². The van der Waals surface area contributed by atoms with Gasteiger partial charge in [-0.05, 0) is 30.3 Å². The van der Waals surface area contributed by atoms with Gasteiger partial charge in [-0.3, -0.25) is 4.72 Å². The first kappa shape index (κ1) is 14.6. The fourth-order valence-corrected chi connectivity index (χ4v) is 3.43. The molecule has 0 fully saturated rings. The van der Waals surface area contributed by atoms with Crippen LogP contribution in [0.1, 0.15) is 0 Å². The van der Waals surface area contributed by atoms with Gasteiger partial charge in [0, 0.05) is 15.7 Å². The molecule has 8 heteroatoms. The van der Waals surface area contributed by atoms with E-state index in [0.717, 1.165) is 0 Å². The van der Waals surface area contributed by atoms with E-state index in [9.17, 15) is 8.42 Å². The van der Waals surface area contributed by atoms with Gasteiger partial charge in [-0.1, -0.05) is 39.1 Å². The lowest BCUT2D eigenvalue weighted by Crippen LogP contribution is -2.14. The third-order valence-corrected chi connectivity index (χ3v) is 4.71. The maximum Gasteiger partial charge on any atom is 0.264 e. The Morgan fingerprint density at radius 3 is 2.58 bits per heavy atom. The first-order valence-corrected chi connectivity index (χ1v) is 8.01. The second kappa shape index (κ2) is 5.66. The monoisotopic (exact) mass is 380 g/mol. The molecule has 0 saturated carbocycles. The summed E-state index contributed by atoms with van der Waals surface area (Å²) in [4.78, 5) is 3.81. The van der Waals surface area contributed by atoms with Gasteiger partial charge in [0.05, 0.1) is 5.02 Å². The number of hydrogen-bond donors (Lipinski definition) is 1. The smallest absolute Gasteiger partial charge is 0.263 e. The van der Waals surface area contributed by atoms with Crippen molar-refractivity contribution in [1.82, 2.24) is 4.98 Å². The lowest BCUT2D eigenvalue weighted by molar-refractivity contribution is 0.601. The van der Waals surface area contributed by atoms with Gasteiger partial charge in [-0.25, -0.2) is 13.4 Å². The minimum Gasteiger partial charge on any atom is -0.263 e. The van der Waals surface area contributed by atoms with Gasteiger partial charge in [0.15, 0.2) is 0 Å². The first-order chi connectivity index (χ1) is 8.88. The Labute approximate surface area is 128 Å². The molecule has 0 saturated heterocycles. The van der Waals surface area contributed by atoms with E-state index in [-0.39, 0.29) is 20.8 Å². The van der Waals surface area contributed by atoms with Crippen LogP contribution < -0.4 is 4.72 Å². The summed E-state index contributed by atoms with van der Waals surface area (Å²) in [6.45, 7) is 0. The van der Waals surface area contributed by atoms with E-state index in [1.165, 1.54) is 30.5 Å². The van der Waals surface area contributed by atoms with Crippen LogP contribution in [-0.2, 0) is 10.0 Å². The average Bonchev–Trinajstić information content (AvgIpc) is 2.31. The highest BCUT2D eigenvalue weighted by molar-refractivity contribution is 9.10. The summed E-state index contributed by atoms with van der Waals surface area (Å²) in [5.41, 5.74) is 0. The number of anilines is 1. The van der Waals surface area contributed by atoms with Crippen molar-refractivity contribution in [2.24, 2.45) is 0 Å². The molecule has 100 valence electrons. The van der Waals surface area contributed by atoms with Gasteiger partial charge >= 0.3 is 0 Å². The fraction of sp³-hybridized carbons (Fsp3) is 0. The first-order valence-electron chi connectivity index (χ1n) is 4.98. The van der Waals surface area contributed by atoms with Crippen LogP contribution in [0.2, 0.25) is 10.0 Å². The molecular weight excluding hydrogens is 375 g/mol. The molecular formula is C11H7BrCl2N2O2S. The van der Waals surface area contributed by atoms with Gasteiger partial charge in [-0.15, -0.1) is 0 Å². The molecule has 0 aliphatic rings. The highest BCUT2D eigenvalue weighted by Crippen LogP contribution is 2.26. The van der Waals surface area contributed by atoms with Crippen molar-refractivity contribution in [3.05, 3.63) is 51.0 Å². The van der Waals surface area contributed by atoms with E-state index in [1.807, 2.05) is 0 Å². The average molecular weight is 382 g/mol. The van der Waals surface area contributed by atoms with Crippen molar-refractivity contribution >= 4 is 55.0 Å². The number of pyridine rings is 1. The van der Waals surface area contributed by atoms with Gasteiger partial charge in [-0.2, -0.15) is 0 Å². The predicted molar refractivity (Wildman–Crippen MR) is 79.2 cm³/mol. The molecule has 1 heterocycles. The minimum absolute atomic E-state index is 0.0897. The Hall–Kier alpha value is -0.820. The molecule has 0 spiro atoms. The van der Waals surface area contributed by atoms with Crippen LogP contribution >= 0.6 is 39.1 Å². The summed E-state index contributed by atoms with van der Waals surface area (Å²) in [6.07, 6.45) is 1.47. The highest BCUT2D eigenvalue weighted by Gasteiger charge is 2.19. The van der Waals surface area contributed by atoms with Crippen molar-refractivity contribution in [2.75, 3.05) is 4.72 Å². The minimum atomic E-state index is -3.83. The van der Waals surface area contributed by atoms with Crippen LogP contribution in [0.3, 0.4) is 0 Å². The van der Waals surface area contributed by atoms with E-state index in [4.69, 9.17) is 23.2 Å². The van der Waals surface area contributed by atoms with Crippen LogP contribution in [0.15, 0.2) is 45.9 Å². The van der Waals surface area contributed by atoms with E-state index in [1.54, 1.807) is 6.07 Å². The molecule has 0 atom stereocenters. The number of hydrogen-bond acceptors (Lipinski definition) is 3. The Bertz CT molecular complexity index is 722. The zero-order valence-corrected chi connectivity index (χ0v) is 13.2. The zero-order chi connectivity index (χ0) is 14.0. The predicted octanol–water partition coefficient (Wildman–Crippen LogP) is 3.95. The number of halogens is 3. The highest BCUT2D eigenvalue weighted by atomic mass is 79.9. The molecule has 19 heavy (non-hydrogen) atoms. The standard InChI is InChI=1S/C11H7BrCl2N2O2S/c12-7-3-4-15-11(5-7)16-19(17,18)10-6-8(13)1-2-9(10)14/h1-6H,(H,15,16). The molecule has 0 radical (unpaired) electrons. The lowest BCUT2D eigenvalue weighted by atomic mass is 10.4. The second-order valence-corrected chi connectivity index (χ2v) is 6.95. The summed E-state index contributed by atoms with van der Waals surface area (Å²) in [5, 5.41) is 0.374. The number of sulfonamides is 1. The van der Waals surface area contributed by atoms with Gasteiger partial charge in [0.25, 0.3) is 10.0 Å². The van der Waals surface area contributed by atoms with Crippen LogP contribution in [0.5, 0.6) is 0 Å². The molecule has 1 N–H and O–H groups in total. The maximum atomic E-state index is 12.2. The number of rotatable bonds is 3. The second-order valence-electron chi connectivity index (χ2n) is 3.54. The molecule has 0 amide bonds. The number of aromatic nitrogens is 1. The summed E-state index contributed by atoms with van der Waals surface area (Å²) in [7, 11) is -3.83. The molecule has 2 aromatic rings. The number of nitrogens with one attached hydrogen (secondary N) is 1. The molecule has 0 aliphatic carbocycles. The topological polar surface area (TPSA) is 59.1 Å². The molecule has 0 unspecified atom stereocenters. The molecule has 1 aromatic heterocycles. The maximum absolute atomic E-state index is 12.2. The molecule has 0 bridgehead atoms.